The van der Waals surface area contributed by atoms with E-state index in [0.29, 0.717) is 12.8 Å². The molecule has 0 aliphatic rings. The van der Waals surface area contributed by atoms with Crippen molar-refractivity contribution in [2.75, 3.05) is 0 Å². The Labute approximate surface area is 236 Å². The summed E-state index contributed by atoms with van der Waals surface area (Å²) in [4.78, 5) is 23.0. The molecule has 0 rings (SSSR count). The van der Waals surface area contributed by atoms with Gasteiger partial charge in [0.15, 0.2) is 0 Å². The van der Waals surface area contributed by atoms with E-state index < -0.39 is 5.97 Å². The van der Waals surface area contributed by atoms with Crippen LogP contribution in [0, 0.1) is 0 Å². The molecule has 0 aromatic rings. The summed E-state index contributed by atoms with van der Waals surface area (Å²) in [7, 11) is 0. The Morgan fingerprint density at radius 1 is 0.553 bits per heavy atom. The van der Waals surface area contributed by atoms with E-state index in [4.69, 9.17) is 9.84 Å². The zero-order chi connectivity index (χ0) is 27.9. The molecule has 224 valence electrons. The van der Waals surface area contributed by atoms with Crippen molar-refractivity contribution in [3.8, 4) is 0 Å². The summed E-state index contributed by atoms with van der Waals surface area (Å²) in [5, 5.41) is 8.67. The second-order valence-corrected chi connectivity index (χ2v) is 11.3. The van der Waals surface area contributed by atoms with Gasteiger partial charge in [-0.15, -0.1) is 0 Å². The molecule has 0 aromatic heterocycles. The lowest BCUT2D eigenvalue weighted by Gasteiger charge is -2.18. The fraction of sp³-hybridized carbons (Fsp3) is 0.882. The van der Waals surface area contributed by atoms with E-state index >= 15 is 0 Å². The van der Waals surface area contributed by atoms with Crippen molar-refractivity contribution in [1.29, 1.82) is 0 Å². The molecule has 0 saturated heterocycles. The first-order chi connectivity index (χ1) is 18.6. The average molecular weight is 537 g/mol. The van der Waals surface area contributed by atoms with Gasteiger partial charge in [0.25, 0.3) is 0 Å². The van der Waals surface area contributed by atoms with Gasteiger partial charge in [0.05, 0.1) is 0 Å². The van der Waals surface area contributed by atoms with Gasteiger partial charge in [-0.3, -0.25) is 9.59 Å². The quantitative estimate of drug-likeness (QED) is 0.0563. The summed E-state index contributed by atoms with van der Waals surface area (Å²) in [5.74, 6) is -0.665. The minimum Gasteiger partial charge on any atom is -0.481 e. The minimum atomic E-state index is -0.679. The van der Waals surface area contributed by atoms with Gasteiger partial charge in [-0.05, 0) is 64.2 Å². The lowest BCUT2D eigenvalue weighted by Crippen LogP contribution is -2.18. The lowest BCUT2D eigenvalue weighted by molar-refractivity contribution is -0.150. The highest BCUT2D eigenvalue weighted by molar-refractivity contribution is 5.69. The third-order valence-electron chi connectivity index (χ3n) is 7.49. The van der Waals surface area contributed by atoms with E-state index in [1.54, 1.807) is 0 Å². The van der Waals surface area contributed by atoms with Crippen LogP contribution in [0.5, 0.6) is 0 Å². The smallest absolute Gasteiger partial charge is 0.306 e. The van der Waals surface area contributed by atoms with E-state index in [-0.39, 0.29) is 12.1 Å². The van der Waals surface area contributed by atoms with Gasteiger partial charge in [0.2, 0.25) is 0 Å². The molecule has 38 heavy (non-hydrogen) atoms. The number of carbonyl (C=O) groups excluding carboxylic acids is 1. The topological polar surface area (TPSA) is 63.6 Å². The summed E-state index contributed by atoms with van der Waals surface area (Å²) >= 11 is 0. The van der Waals surface area contributed by atoms with Gasteiger partial charge >= 0.3 is 11.9 Å². The van der Waals surface area contributed by atoms with Crippen molar-refractivity contribution in [2.45, 2.75) is 193 Å². The molecule has 0 radical (unpaired) electrons. The molecular weight excluding hydrogens is 472 g/mol. The summed E-state index contributed by atoms with van der Waals surface area (Å²) in [6, 6.07) is 0. The first kappa shape index (κ1) is 36.7. The maximum absolute atomic E-state index is 12.4. The van der Waals surface area contributed by atoms with E-state index in [1.165, 1.54) is 103 Å². The monoisotopic (exact) mass is 536 g/mol. The van der Waals surface area contributed by atoms with Crippen LogP contribution in [0.1, 0.15) is 187 Å². The van der Waals surface area contributed by atoms with Crippen molar-refractivity contribution in [3.63, 3.8) is 0 Å². The number of rotatable bonds is 30. The van der Waals surface area contributed by atoms with Crippen LogP contribution < -0.4 is 0 Å². The van der Waals surface area contributed by atoms with E-state index in [9.17, 15) is 9.59 Å². The number of hydrogen-bond acceptors (Lipinski definition) is 3. The zero-order valence-corrected chi connectivity index (χ0v) is 25.5. The number of esters is 1. The molecule has 0 heterocycles. The predicted molar refractivity (Wildman–Crippen MR) is 163 cm³/mol. The first-order valence-electron chi connectivity index (χ1n) is 16.7. The Bertz CT molecular complexity index is 543. The molecule has 1 atom stereocenters. The van der Waals surface area contributed by atoms with Crippen LogP contribution in [-0.4, -0.2) is 23.1 Å². The molecule has 1 unspecified atom stereocenters. The number of carboxylic acid groups (broad SMARTS) is 1. The predicted octanol–water partition coefficient (Wildman–Crippen LogP) is 11.1. The Balaban J connectivity index is 3.78. The molecule has 0 aromatic carbocycles. The second-order valence-electron chi connectivity index (χ2n) is 11.3. The van der Waals surface area contributed by atoms with Crippen LogP contribution in [0.3, 0.4) is 0 Å². The molecular formula is C34H64O4. The molecule has 0 aliphatic carbocycles. The van der Waals surface area contributed by atoms with Gasteiger partial charge in [-0.1, -0.05) is 122 Å². The van der Waals surface area contributed by atoms with Crippen molar-refractivity contribution in [1.82, 2.24) is 0 Å². The lowest BCUT2D eigenvalue weighted by atomic mass is 10.0. The van der Waals surface area contributed by atoms with Crippen LogP contribution >= 0.6 is 0 Å². The Morgan fingerprint density at radius 3 is 1.47 bits per heavy atom. The number of hydrogen-bond donors (Lipinski definition) is 1. The normalized spacial score (nSPS) is 12.3. The molecule has 0 amide bonds. The van der Waals surface area contributed by atoms with Gasteiger partial charge in [-0.2, -0.15) is 0 Å². The van der Waals surface area contributed by atoms with Crippen LogP contribution in [0.25, 0.3) is 0 Å². The summed E-state index contributed by atoms with van der Waals surface area (Å²) in [6.45, 7) is 4.48. The third kappa shape index (κ3) is 29.2. The highest BCUT2D eigenvalue weighted by atomic mass is 16.5. The van der Waals surface area contributed by atoms with Crippen molar-refractivity contribution in [3.05, 3.63) is 12.2 Å². The van der Waals surface area contributed by atoms with E-state index in [1.807, 2.05) is 0 Å². The summed E-state index contributed by atoms with van der Waals surface area (Å²) < 4.78 is 5.91. The molecule has 1 N–H and O–H groups in total. The molecule has 0 fully saturated rings. The van der Waals surface area contributed by atoms with Crippen LogP contribution in [0.4, 0.5) is 0 Å². The number of unbranched alkanes of at least 4 members (excludes halogenated alkanes) is 19. The molecule has 0 spiro atoms. The van der Waals surface area contributed by atoms with E-state index in [2.05, 4.69) is 26.0 Å². The molecule has 0 bridgehead atoms. The Morgan fingerprint density at radius 2 is 0.947 bits per heavy atom. The number of carbonyl (C=O) groups is 2. The summed E-state index contributed by atoms with van der Waals surface area (Å²) in [6.07, 6.45) is 35.3. The van der Waals surface area contributed by atoms with Crippen LogP contribution in [0.15, 0.2) is 12.2 Å². The van der Waals surface area contributed by atoms with Crippen molar-refractivity contribution in [2.24, 2.45) is 0 Å². The average Bonchev–Trinajstić information content (AvgIpc) is 2.89. The van der Waals surface area contributed by atoms with E-state index in [0.717, 1.165) is 57.8 Å². The SMILES string of the molecule is CCCCCCC=CCCCCCCCC(=O)OC(CCCCC)CCCCCCCCCCCC(=O)O. The highest BCUT2D eigenvalue weighted by Crippen LogP contribution is 2.18. The number of aliphatic carboxylic acids is 1. The first-order valence-corrected chi connectivity index (χ1v) is 16.7. The van der Waals surface area contributed by atoms with Crippen molar-refractivity contribution >= 4 is 11.9 Å². The molecule has 4 heteroatoms. The zero-order valence-electron chi connectivity index (χ0n) is 25.5. The maximum atomic E-state index is 12.4. The number of ether oxygens (including phenoxy) is 1. The fourth-order valence-corrected chi connectivity index (χ4v) is 5.00. The molecule has 0 aliphatic heterocycles. The van der Waals surface area contributed by atoms with Gasteiger partial charge in [-0.25, -0.2) is 0 Å². The maximum Gasteiger partial charge on any atom is 0.306 e. The summed E-state index contributed by atoms with van der Waals surface area (Å²) in [5.41, 5.74) is 0. The molecule has 4 nitrogen and oxygen atoms in total. The fourth-order valence-electron chi connectivity index (χ4n) is 5.00. The van der Waals surface area contributed by atoms with Crippen LogP contribution in [0.2, 0.25) is 0 Å². The standard InChI is InChI=1S/C34H64O4/c1-3-5-7-8-9-10-11-12-13-17-20-23-27-31-34(37)38-32(28-24-6-4-2)29-25-21-18-15-14-16-19-22-26-30-33(35)36/h10-11,32H,3-9,12-31H2,1-2H3,(H,35,36). The van der Waals surface area contributed by atoms with Gasteiger partial charge in [0, 0.05) is 12.8 Å². The number of carboxylic acids is 1. The largest absolute Gasteiger partial charge is 0.481 e. The number of allylic oxidation sites excluding steroid dienone is 2. The third-order valence-corrected chi connectivity index (χ3v) is 7.49. The molecule has 0 saturated carbocycles. The second kappa shape index (κ2) is 30.2. The van der Waals surface area contributed by atoms with Gasteiger partial charge in [0.1, 0.15) is 6.10 Å². The van der Waals surface area contributed by atoms with Gasteiger partial charge < -0.3 is 9.84 Å². The minimum absolute atomic E-state index is 0.0143. The Kier molecular flexibility index (Phi) is 29.2. The Hall–Kier alpha value is -1.32. The van der Waals surface area contributed by atoms with Crippen molar-refractivity contribution < 1.29 is 19.4 Å². The highest BCUT2D eigenvalue weighted by Gasteiger charge is 2.14. The van der Waals surface area contributed by atoms with Crippen LogP contribution in [-0.2, 0) is 14.3 Å².